The number of likely N-dealkylation sites (tertiary alicyclic amines) is 1. The van der Waals surface area contributed by atoms with Crippen molar-refractivity contribution in [2.75, 3.05) is 24.5 Å². The van der Waals surface area contributed by atoms with E-state index in [9.17, 15) is 4.79 Å². The summed E-state index contributed by atoms with van der Waals surface area (Å²) in [4.78, 5) is 23.1. The highest BCUT2D eigenvalue weighted by Gasteiger charge is 2.34. The van der Waals surface area contributed by atoms with Crippen LogP contribution in [0.3, 0.4) is 0 Å². The van der Waals surface area contributed by atoms with E-state index in [1.54, 1.807) is 0 Å². The third-order valence-electron chi connectivity index (χ3n) is 7.77. The van der Waals surface area contributed by atoms with E-state index in [0.29, 0.717) is 0 Å². The predicted octanol–water partition coefficient (Wildman–Crippen LogP) is 2.55. The van der Waals surface area contributed by atoms with Crippen molar-refractivity contribution < 1.29 is 4.79 Å². The molecule has 0 unspecified atom stereocenters. The fourth-order valence-corrected chi connectivity index (χ4v) is 6.05. The van der Waals surface area contributed by atoms with Crippen molar-refractivity contribution in [2.24, 2.45) is 12.8 Å². The SMILES string of the molecule is Cc1cn2nc([C@@H]3CCCCN3C(=O)c3c4c(nn3C)CCCC4)cc2nc1N1CC[C@H](N)C1. The monoisotopic (exact) mass is 462 g/mol. The fraction of sp³-hybridized carbons (Fsp3) is 0.600. The average Bonchev–Trinajstić information content (AvgIpc) is 3.53. The minimum absolute atomic E-state index is 0.0407. The summed E-state index contributed by atoms with van der Waals surface area (Å²) in [6.07, 6.45) is 10.3. The van der Waals surface area contributed by atoms with Crippen LogP contribution in [0.5, 0.6) is 0 Å². The summed E-state index contributed by atoms with van der Waals surface area (Å²) < 4.78 is 3.68. The molecule has 180 valence electrons. The number of piperidine rings is 1. The zero-order valence-corrected chi connectivity index (χ0v) is 20.2. The van der Waals surface area contributed by atoms with Crippen molar-refractivity contribution in [3.05, 3.63) is 40.5 Å². The Balaban J connectivity index is 1.34. The van der Waals surface area contributed by atoms with Gasteiger partial charge in [-0.25, -0.2) is 9.50 Å². The molecule has 2 N–H and O–H groups in total. The Morgan fingerprint density at radius 3 is 2.76 bits per heavy atom. The smallest absolute Gasteiger partial charge is 0.272 e. The Hall–Kier alpha value is -2.94. The molecule has 0 aromatic carbocycles. The molecule has 9 nitrogen and oxygen atoms in total. The lowest BCUT2D eigenvalue weighted by Crippen LogP contribution is -2.40. The summed E-state index contributed by atoms with van der Waals surface area (Å²) in [7, 11) is 1.91. The van der Waals surface area contributed by atoms with Crippen LogP contribution in [0.15, 0.2) is 12.3 Å². The summed E-state index contributed by atoms with van der Waals surface area (Å²) in [5, 5.41) is 9.59. The van der Waals surface area contributed by atoms with Crippen LogP contribution in [0.25, 0.3) is 5.65 Å². The van der Waals surface area contributed by atoms with Gasteiger partial charge in [-0.15, -0.1) is 0 Å². The van der Waals surface area contributed by atoms with Crippen LogP contribution in [-0.4, -0.2) is 60.9 Å². The van der Waals surface area contributed by atoms with E-state index >= 15 is 0 Å². The maximum atomic E-state index is 13.9. The third-order valence-corrected chi connectivity index (χ3v) is 7.77. The minimum Gasteiger partial charge on any atom is -0.355 e. The molecule has 3 aromatic rings. The van der Waals surface area contributed by atoms with E-state index in [1.165, 1.54) is 0 Å². The first-order valence-corrected chi connectivity index (χ1v) is 12.7. The van der Waals surface area contributed by atoms with E-state index in [-0.39, 0.29) is 18.0 Å². The summed E-state index contributed by atoms with van der Waals surface area (Å²) in [5.74, 6) is 1.08. The molecule has 9 heteroatoms. The Bertz CT molecular complexity index is 1240. The molecule has 1 amide bonds. The van der Waals surface area contributed by atoms with Crippen molar-refractivity contribution in [1.29, 1.82) is 0 Å². The van der Waals surface area contributed by atoms with Gasteiger partial charge in [0.25, 0.3) is 5.91 Å². The van der Waals surface area contributed by atoms with Crippen molar-refractivity contribution in [3.8, 4) is 0 Å². The molecule has 6 rings (SSSR count). The number of hydrogen-bond donors (Lipinski definition) is 1. The summed E-state index contributed by atoms with van der Waals surface area (Å²) >= 11 is 0. The van der Waals surface area contributed by atoms with E-state index in [4.69, 9.17) is 15.8 Å². The van der Waals surface area contributed by atoms with Crippen LogP contribution in [0, 0.1) is 6.92 Å². The number of carbonyl (C=O) groups excluding carboxylic acids is 1. The molecule has 34 heavy (non-hydrogen) atoms. The number of rotatable bonds is 3. The lowest BCUT2D eigenvalue weighted by Gasteiger charge is -2.35. The predicted molar refractivity (Wildman–Crippen MR) is 130 cm³/mol. The van der Waals surface area contributed by atoms with Gasteiger partial charge in [0.2, 0.25) is 0 Å². The number of fused-ring (bicyclic) bond motifs is 2. The van der Waals surface area contributed by atoms with Crippen molar-refractivity contribution >= 4 is 17.4 Å². The van der Waals surface area contributed by atoms with Gasteiger partial charge < -0.3 is 15.5 Å². The number of anilines is 1. The number of amides is 1. The third kappa shape index (κ3) is 3.57. The number of nitrogens with two attached hydrogens (primary N) is 1. The Morgan fingerprint density at radius 1 is 1.09 bits per heavy atom. The average molecular weight is 463 g/mol. The summed E-state index contributed by atoms with van der Waals surface area (Å²) in [5.41, 5.74) is 12.0. The quantitative estimate of drug-likeness (QED) is 0.643. The number of aromatic nitrogens is 5. The van der Waals surface area contributed by atoms with Crippen LogP contribution in [-0.2, 0) is 19.9 Å². The largest absolute Gasteiger partial charge is 0.355 e. The Labute approximate surface area is 199 Å². The van der Waals surface area contributed by atoms with E-state index < -0.39 is 0 Å². The van der Waals surface area contributed by atoms with Gasteiger partial charge in [0.1, 0.15) is 11.5 Å². The van der Waals surface area contributed by atoms with Crippen LogP contribution in [0.2, 0.25) is 0 Å². The van der Waals surface area contributed by atoms with Crippen LogP contribution in [0.1, 0.15) is 77.6 Å². The molecule has 2 atom stereocenters. The van der Waals surface area contributed by atoms with Gasteiger partial charge in [0, 0.05) is 56.1 Å². The molecular weight excluding hydrogens is 428 g/mol. The molecule has 0 spiro atoms. The summed E-state index contributed by atoms with van der Waals surface area (Å²) in [6.45, 7) is 4.60. The molecule has 5 heterocycles. The minimum atomic E-state index is -0.0407. The van der Waals surface area contributed by atoms with Gasteiger partial charge in [-0.1, -0.05) is 0 Å². The first-order chi connectivity index (χ1) is 16.5. The second-order valence-electron chi connectivity index (χ2n) is 10.2. The van der Waals surface area contributed by atoms with Crippen LogP contribution < -0.4 is 10.6 Å². The second-order valence-corrected chi connectivity index (χ2v) is 10.2. The maximum Gasteiger partial charge on any atom is 0.272 e. The highest BCUT2D eigenvalue weighted by Crippen LogP contribution is 2.34. The standard InChI is InChI=1S/C25H34N8O/c1-16-14-33-22(27-24(16)31-12-10-17(26)15-31)13-20(29-33)21-9-5-6-11-32(21)25(34)23-18-7-3-4-8-19(18)28-30(23)2/h13-14,17,21H,3-12,15,26H2,1-2H3/t17-,21-/m0/s1. The first kappa shape index (κ1) is 21.6. The fourth-order valence-electron chi connectivity index (χ4n) is 6.05. The van der Waals surface area contributed by atoms with Crippen molar-refractivity contribution in [2.45, 2.75) is 70.4 Å². The van der Waals surface area contributed by atoms with Crippen molar-refractivity contribution in [3.63, 3.8) is 0 Å². The second kappa shape index (κ2) is 8.37. The Kier molecular flexibility index (Phi) is 5.32. The van der Waals surface area contributed by atoms with Gasteiger partial charge in [-0.05, 0) is 58.3 Å². The topological polar surface area (TPSA) is 97.6 Å². The van der Waals surface area contributed by atoms with Crippen LogP contribution in [0.4, 0.5) is 5.82 Å². The van der Waals surface area contributed by atoms with E-state index in [1.807, 2.05) is 21.1 Å². The number of carbonyl (C=O) groups is 1. The van der Waals surface area contributed by atoms with E-state index in [0.717, 1.165) is 111 Å². The molecular formula is C25H34N8O. The lowest BCUT2D eigenvalue weighted by atomic mass is 9.94. The van der Waals surface area contributed by atoms with Gasteiger partial charge in [0.05, 0.1) is 17.4 Å². The van der Waals surface area contributed by atoms with Crippen LogP contribution >= 0.6 is 0 Å². The molecule has 2 saturated heterocycles. The van der Waals surface area contributed by atoms with Gasteiger partial charge in [-0.2, -0.15) is 10.2 Å². The summed E-state index contributed by atoms with van der Waals surface area (Å²) in [6, 6.07) is 2.23. The Morgan fingerprint density at radius 2 is 1.94 bits per heavy atom. The molecule has 0 bridgehead atoms. The number of hydrogen-bond acceptors (Lipinski definition) is 6. The van der Waals surface area contributed by atoms with Gasteiger partial charge in [-0.3, -0.25) is 9.48 Å². The highest BCUT2D eigenvalue weighted by molar-refractivity contribution is 5.94. The molecule has 0 saturated carbocycles. The zero-order chi connectivity index (χ0) is 23.4. The normalized spacial score (nSPS) is 23.0. The molecule has 0 radical (unpaired) electrons. The van der Waals surface area contributed by atoms with Crippen molar-refractivity contribution in [1.82, 2.24) is 29.3 Å². The molecule has 2 aliphatic heterocycles. The molecule has 2 fully saturated rings. The number of nitrogens with zero attached hydrogens (tertiary/aromatic N) is 7. The first-order valence-electron chi connectivity index (χ1n) is 12.7. The molecule has 3 aromatic heterocycles. The van der Waals surface area contributed by atoms with E-state index in [2.05, 4.69) is 29.2 Å². The highest BCUT2D eigenvalue weighted by atomic mass is 16.2. The van der Waals surface area contributed by atoms with Gasteiger partial charge in [0.15, 0.2) is 5.65 Å². The number of aryl methyl sites for hydroxylation is 3. The molecule has 1 aliphatic carbocycles. The maximum absolute atomic E-state index is 13.9. The van der Waals surface area contributed by atoms with Gasteiger partial charge >= 0.3 is 0 Å². The molecule has 3 aliphatic rings. The zero-order valence-electron chi connectivity index (χ0n) is 20.2. The lowest BCUT2D eigenvalue weighted by molar-refractivity contribution is 0.0593.